The number of anilines is 1. The van der Waals surface area contributed by atoms with Crippen LogP contribution in [0.25, 0.3) is 16.9 Å². The Morgan fingerprint density at radius 1 is 1.11 bits per heavy atom. The molecular weight excluding hydrogens is 506 g/mol. The second-order valence-corrected chi connectivity index (χ2v) is 9.63. The molecule has 1 fully saturated rings. The minimum atomic E-state index is -1.01. The van der Waals surface area contributed by atoms with Crippen molar-refractivity contribution in [2.45, 2.75) is 25.6 Å². The molecule has 2 unspecified atom stereocenters. The summed E-state index contributed by atoms with van der Waals surface area (Å²) in [6, 6.07) is 18.4. The summed E-state index contributed by atoms with van der Waals surface area (Å²) in [7, 11) is 0. The number of carbonyl (C=O) groups is 1. The molecule has 12 heteroatoms. The molecule has 0 spiro atoms. The van der Waals surface area contributed by atoms with E-state index >= 15 is 0 Å². The normalized spacial score (nSPS) is 16.8. The number of imidazole rings is 1. The van der Waals surface area contributed by atoms with E-state index in [-0.39, 0.29) is 19.0 Å². The number of hydrogen-bond acceptors (Lipinski definition) is 8. The number of aryl methyl sites for hydroxylation is 1. The smallest absolute Gasteiger partial charge is 0.242 e. The van der Waals surface area contributed by atoms with Gasteiger partial charge >= 0.3 is 0 Å². The van der Waals surface area contributed by atoms with Crippen LogP contribution < -0.4 is 4.90 Å². The summed E-state index contributed by atoms with van der Waals surface area (Å²) in [5.74, 6) is 0.455. The molecule has 11 nitrogen and oxygen atoms in total. The second-order valence-electron chi connectivity index (χ2n) is 9.19. The predicted molar refractivity (Wildman–Crippen MR) is 141 cm³/mol. The van der Waals surface area contributed by atoms with Crippen LogP contribution in [0.5, 0.6) is 0 Å². The summed E-state index contributed by atoms with van der Waals surface area (Å²) < 4.78 is 1.47. The molecular formula is C26H24ClN9O2. The summed E-state index contributed by atoms with van der Waals surface area (Å²) in [5, 5.41) is 23.2. The molecule has 0 bridgehead atoms. The first-order valence-electron chi connectivity index (χ1n) is 12.1. The summed E-state index contributed by atoms with van der Waals surface area (Å²) >= 11 is 6.30. The van der Waals surface area contributed by atoms with Crippen LogP contribution in [0.15, 0.2) is 67.0 Å². The Labute approximate surface area is 222 Å². The van der Waals surface area contributed by atoms with Gasteiger partial charge in [0.05, 0.1) is 30.5 Å². The lowest BCUT2D eigenvalue weighted by atomic mass is 10.0. The van der Waals surface area contributed by atoms with Crippen LogP contribution in [0.1, 0.15) is 23.1 Å². The number of amides is 1. The topological polar surface area (TPSA) is 129 Å². The second kappa shape index (κ2) is 9.84. The van der Waals surface area contributed by atoms with Gasteiger partial charge in [0.1, 0.15) is 23.9 Å². The Kier molecular flexibility index (Phi) is 6.22. The number of carbonyl (C=O) groups excluding carboxylic acids is 1. The molecule has 0 saturated carbocycles. The standard InChI is InChI=1S/C26H24ClN9O2/c1-16-7-9-19-25(29-16)31-26(30-19)22(11-17-5-3-2-4-6-17)35-14-23(37)34(13-24(35)38)21-12-18(27)8-10-20(21)36-15-28-32-33-36/h2-10,12,15,22-23,37H,11,13-14H2,1H3,(H,29,30,31). The number of H-pyrrole nitrogens is 1. The number of benzene rings is 2. The monoisotopic (exact) mass is 529 g/mol. The van der Waals surface area contributed by atoms with Crippen LogP contribution in [0.4, 0.5) is 5.69 Å². The van der Waals surface area contributed by atoms with E-state index in [4.69, 9.17) is 16.6 Å². The summed E-state index contributed by atoms with van der Waals surface area (Å²) in [6.45, 7) is 1.90. The highest BCUT2D eigenvalue weighted by atomic mass is 35.5. The number of nitrogens with one attached hydrogen (secondary N) is 1. The molecule has 6 rings (SSSR count). The van der Waals surface area contributed by atoms with Crippen molar-refractivity contribution in [3.05, 3.63) is 89.1 Å². The molecule has 0 radical (unpaired) electrons. The fourth-order valence-corrected chi connectivity index (χ4v) is 4.98. The van der Waals surface area contributed by atoms with Crippen molar-refractivity contribution < 1.29 is 9.90 Å². The van der Waals surface area contributed by atoms with E-state index in [9.17, 15) is 9.90 Å². The largest absolute Gasteiger partial charge is 0.372 e. The highest BCUT2D eigenvalue weighted by Crippen LogP contribution is 2.33. The van der Waals surface area contributed by atoms with Crippen LogP contribution in [-0.2, 0) is 11.2 Å². The molecule has 1 saturated heterocycles. The first-order valence-corrected chi connectivity index (χ1v) is 12.5. The quantitative estimate of drug-likeness (QED) is 0.343. The van der Waals surface area contributed by atoms with E-state index in [2.05, 4.69) is 25.5 Å². The molecule has 4 heterocycles. The highest BCUT2D eigenvalue weighted by molar-refractivity contribution is 6.31. The van der Waals surface area contributed by atoms with E-state index in [0.29, 0.717) is 34.3 Å². The number of aromatic nitrogens is 7. The van der Waals surface area contributed by atoms with Crippen molar-refractivity contribution in [3.63, 3.8) is 0 Å². The number of β-amino-alcohol motifs (C(OH)–C–C–N with tert-alkyl or cyclic N) is 1. The van der Waals surface area contributed by atoms with E-state index < -0.39 is 12.3 Å². The third-order valence-corrected chi connectivity index (χ3v) is 6.89. The van der Waals surface area contributed by atoms with Gasteiger partial charge in [-0.25, -0.2) is 9.97 Å². The highest BCUT2D eigenvalue weighted by Gasteiger charge is 2.38. The average Bonchev–Trinajstić information content (AvgIpc) is 3.59. The molecule has 2 aromatic carbocycles. The maximum atomic E-state index is 13.7. The van der Waals surface area contributed by atoms with Gasteiger partial charge in [-0.05, 0) is 53.2 Å². The first-order chi connectivity index (χ1) is 18.5. The summed E-state index contributed by atoms with van der Waals surface area (Å²) in [6.07, 6.45) is 0.958. The van der Waals surface area contributed by atoms with Crippen LogP contribution in [0, 0.1) is 6.92 Å². The van der Waals surface area contributed by atoms with Crippen molar-refractivity contribution >= 4 is 34.4 Å². The van der Waals surface area contributed by atoms with Gasteiger partial charge in [0.15, 0.2) is 5.65 Å². The van der Waals surface area contributed by atoms with Gasteiger partial charge < -0.3 is 19.9 Å². The molecule has 5 aromatic rings. The van der Waals surface area contributed by atoms with Crippen LogP contribution in [0.2, 0.25) is 5.02 Å². The van der Waals surface area contributed by atoms with Crippen LogP contribution >= 0.6 is 11.6 Å². The van der Waals surface area contributed by atoms with Crippen molar-refractivity contribution in [1.29, 1.82) is 0 Å². The lowest BCUT2D eigenvalue weighted by Gasteiger charge is -2.42. The lowest BCUT2D eigenvalue weighted by molar-refractivity contribution is -0.137. The molecule has 3 aromatic heterocycles. The van der Waals surface area contributed by atoms with Gasteiger partial charge in [-0.3, -0.25) is 4.79 Å². The summed E-state index contributed by atoms with van der Waals surface area (Å²) in [4.78, 5) is 29.6. The maximum Gasteiger partial charge on any atom is 0.242 e. The number of aliphatic hydroxyl groups is 1. The van der Waals surface area contributed by atoms with Crippen molar-refractivity contribution in [1.82, 2.24) is 40.1 Å². The number of fused-ring (bicyclic) bond motifs is 1. The molecule has 1 aliphatic rings. The molecule has 0 aliphatic carbocycles. The number of hydrogen-bond donors (Lipinski definition) is 2. The van der Waals surface area contributed by atoms with Crippen molar-refractivity contribution in [2.75, 3.05) is 18.0 Å². The Morgan fingerprint density at radius 2 is 1.95 bits per heavy atom. The maximum absolute atomic E-state index is 13.7. The van der Waals surface area contributed by atoms with Gasteiger partial charge in [-0.2, -0.15) is 4.68 Å². The molecule has 192 valence electrons. The van der Waals surface area contributed by atoms with Gasteiger partial charge in [-0.15, -0.1) is 5.10 Å². The molecule has 38 heavy (non-hydrogen) atoms. The fourth-order valence-electron chi connectivity index (χ4n) is 4.82. The van der Waals surface area contributed by atoms with E-state index in [1.807, 2.05) is 49.4 Å². The zero-order valence-corrected chi connectivity index (χ0v) is 21.2. The Hall–Kier alpha value is -4.35. The number of piperazine rings is 1. The Balaban J connectivity index is 1.35. The van der Waals surface area contributed by atoms with Crippen molar-refractivity contribution in [3.8, 4) is 5.69 Å². The first kappa shape index (κ1) is 24.0. The third kappa shape index (κ3) is 4.57. The number of nitrogens with zero attached hydrogens (tertiary/aromatic N) is 8. The van der Waals surface area contributed by atoms with Gasteiger partial charge in [-0.1, -0.05) is 41.9 Å². The van der Waals surface area contributed by atoms with E-state index in [1.54, 1.807) is 28.0 Å². The summed E-state index contributed by atoms with van der Waals surface area (Å²) in [5.41, 5.74) is 4.44. The number of halogens is 1. The number of rotatable bonds is 6. The molecule has 2 atom stereocenters. The van der Waals surface area contributed by atoms with E-state index in [0.717, 1.165) is 16.8 Å². The number of tetrazole rings is 1. The van der Waals surface area contributed by atoms with Gasteiger partial charge in [0.25, 0.3) is 0 Å². The minimum absolute atomic E-state index is 0.0569. The number of pyridine rings is 1. The van der Waals surface area contributed by atoms with Gasteiger partial charge in [0, 0.05) is 17.1 Å². The number of aliphatic hydroxyl groups excluding tert-OH is 1. The molecule has 1 amide bonds. The Morgan fingerprint density at radius 3 is 2.74 bits per heavy atom. The van der Waals surface area contributed by atoms with Gasteiger partial charge in [0.2, 0.25) is 5.91 Å². The zero-order valence-electron chi connectivity index (χ0n) is 20.4. The average molecular weight is 530 g/mol. The lowest BCUT2D eigenvalue weighted by Crippen LogP contribution is -2.57. The third-order valence-electron chi connectivity index (χ3n) is 6.65. The van der Waals surface area contributed by atoms with E-state index in [1.165, 1.54) is 11.0 Å². The van der Waals surface area contributed by atoms with Crippen LogP contribution in [0.3, 0.4) is 0 Å². The van der Waals surface area contributed by atoms with Crippen LogP contribution in [-0.4, -0.2) is 70.4 Å². The zero-order chi connectivity index (χ0) is 26.2. The number of aromatic amines is 1. The SMILES string of the molecule is Cc1ccc2nc(C(Cc3ccccc3)N3CC(O)N(c4cc(Cl)ccc4-n4cnnn4)CC3=O)[nH]c2n1. The fraction of sp³-hybridized carbons (Fsp3) is 0.231. The predicted octanol–water partition coefficient (Wildman–Crippen LogP) is 2.85. The molecule has 2 N–H and O–H groups in total. The van der Waals surface area contributed by atoms with Crippen molar-refractivity contribution in [2.24, 2.45) is 0 Å². The Bertz CT molecular complexity index is 1590. The minimum Gasteiger partial charge on any atom is -0.372 e. The molecule has 1 aliphatic heterocycles.